The van der Waals surface area contributed by atoms with Crippen molar-refractivity contribution in [2.75, 3.05) is 5.88 Å². The number of rotatable bonds is 8. The van der Waals surface area contributed by atoms with Crippen molar-refractivity contribution in [1.29, 1.82) is 0 Å². The molecule has 1 heterocycles. The first-order valence-electron chi connectivity index (χ1n) is 10.0. The highest BCUT2D eigenvalue weighted by atomic mass is 35.5. The lowest BCUT2D eigenvalue weighted by Crippen LogP contribution is -2.60. The third-order valence-corrected chi connectivity index (χ3v) is 5.58. The Morgan fingerprint density at radius 3 is 2.06 bits per heavy atom. The Kier molecular flexibility index (Phi) is 7.78. The molecule has 1 aliphatic heterocycles. The maximum atomic E-state index is 13.5. The number of nitro benzene ring substituents is 1. The molecule has 1 fully saturated rings. The molecule has 2 aromatic carbocycles. The molecular formula is C22H19Cl2N3O6. The average Bonchev–Trinajstić information content (AvgIpc) is 2.80. The first-order valence-corrected chi connectivity index (χ1v) is 10.9. The molecule has 172 valence electrons. The molecule has 3 rings (SSSR count). The molecule has 0 radical (unpaired) electrons. The standard InChI is InChI=1S/C22H19Cl2N3O6/c23-13-12-18(21(30)14-4-8-16(24)9-5-14)25(26-19(28)2-1-3-20(26)29)22(31)15-6-10-17(11-7-15)27(32)33/h4-11,18H,1-3,12-13H2/t18-/m0/s1. The third kappa shape index (κ3) is 5.37. The molecule has 0 saturated carbocycles. The van der Waals surface area contributed by atoms with Gasteiger partial charge in [0.05, 0.1) is 4.92 Å². The fourth-order valence-electron chi connectivity index (χ4n) is 3.49. The van der Waals surface area contributed by atoms with Crippen LogP contribution in [0.15, 0.2) is 48.5 Å². The zero-order valence-corrected chi connectivity index (χ0v) is 18.8. The van der Waals surface area contributed by atoms with E-state index in [1.807, 2.05) is 0 Å². The lowest BCUT2D eigenvalue weighted by atomic mass is 10.00. The second-order valence-electron chi connectivity index (χ2n) is 7.27. The van der Waals surface area contributed by atoms with Gasteiger partial charge in [0, 0.05) is 47.0 Å². The van der Waals surface area contributed by atoms with Gasteiger partial charge in [-0.15, -0.1) is 11.6 Å². The number of hydrogen-bond donors (Lipinski definition) is 0. The first-order chi connectivity index (χ1) is 15.7. The Hall–Kier alpha value is -3.30. The number of benzene rings is 2. The van der Waals surface area contributed by atoms with Crippen LogP contribution in [0, 0.1) is 10.1 Å². The number of piperidine rings is 1. The van der Waals surface area contributed by atoms with Crippen molar-refractivity contribution in [2.24, 2.45) is 0 Å². The Bertz CT molecular complexity index is 1070. The molecule has 0 N–H and O–H groups in total. The number of carbonyl (C=O) groups excluding carboxylic acids is 4. The van der Waals surface area contributed by atoms with Gasteiger partial charge in [0.1, 0.15) is 6.04 Å². The molecule has 0 aliphatic carbocycles. The average molecular weight is 492 g/mol. The zero-order valence-electron chi connectivity index (χ0n) is 17.3. The monoisotopic (exact) mass is 491 g/mol. The van der Waals surface area contributed by atoms with Gasteiger partial charge in [-0.05, 0) is 49.2 Å². The Balaban J connectivity index is 2.08. The summed E-state index contributed by atoms with van der Waals surface area (Å²) in [5, 5.41) is 12.9. The molecule has 0 spiro atoms. The highest BCUT2D eigenvalue weighted by Gasteiger charge is 2.41. The number of nitro groups is 1. The molecule has 1 atom stereocenters. The Morgan fingerprint density at radius 2 is 1.55 bits per heavy atom. The predicted octanol–water partition coefficient (Wildman–Crippen LogP) is 4.02. The van der Waals surface area contributed by atoms with Crippen LogP contribution in [0.25, 0.3) is 0 Å². The molecule has 1 aliphatic rings. The van der Waals surface area contributed by atoms with E-state index in [1.165, 1.54) is 36.4 Å². The highest BCUT2D eigenvalue weighted by Crippen LogP contribution is 2.25. The van der Waals surface area contributed by atoms with Gasteiger partial charge in [-0.25, -0.2) is 5.01 Å². The predicted molar refractivity (Wildman–Crippen MR) is 120 cm³/mol. The molecular weight excluding hydrogens is 473 g/mol. The minimum absolute atomic E-state index is 0.0263. The fourth-order valence-corrected chi connectivity index (χ4v) is 3.82. The van der Waals surface area contributed by atoms with Gasteiger partial charge < -0.3 is 0 Å². The summed E-state index contributed by atoms with van der Waals surface area (Å²) in [6.07, 6.45) is 0.342. The van der Waals surface area contributed by atoms with Crippen LogP contribution in [0.1, 0.15) is 46.4 Å². The number of halogens is 2. The summed E-state index contributed by atoms with van der Waals surface area (Å²) in [5.41, 5.74) is -0.0547. The van der Waals surface area contributed by atoms with Crippen molar-refractivity contribution < 1.29 is 24.1 Å². The number of Topliss-reactive ketones (excluding diaryl/α,β-unsaturated/α-hetero) is 1. The lowest BCUT2D eigenvalue weighted by molar-refractivity contribution is -0.384. The van der Waals surface area contributed by atoms with Crippen LogP contribution < -0.4 is 0 Å². The minimum Gasteiger partial charge on any atom is -0.292 e. The van der Waals surface area contributed by atoms with Crippen LogP contribution in [0.3, 0.4) is 0 Å². The topological polar surface area (TPSA) is 118 Å². The van der Waals surface area contributed by atoms with E-state index in [2.05, 4.69) is 0 Å². The third-order valence-electron chi connectivity index (χ3n) is 5.11. The van der Waals surface area contributed by atoms with Crippen molar-refractivity contribution in [3.8, 4) is 0 Å². The SMILES string of the molecule is O=C(c1ccc(Cl)cc1)[C@H](CCCl)N(C(=O)c1ccc([N+](=O)[O-])cc1)N1C(=O)CCCC1=O. The molecule has 11 heteroatoms. The van der Waals surface area contributed by atoms with Crippen LogP contribution in [0.5, 0.6) is 0 Å². The number of amides is 3. The van der Waals surface area contributed by atoms with Crippen LogP contribution >= 0.6 is 23.2 Å². The van der Waals surface area contributed by atoms with Crippen LogP contribution in [-0.4, -0.2) is 50.4 Å². The molecule has 9 nitrogen and oxygen atoms in total. The van der Waals surface area contributed by atoms with Crippen molar-refractivity contribution in [2.45, 2.75) is 31.7 Å². The van der Waals surface area contributed by atoms with Crippen molar-refractivity contribution in [3.63, 3.8) is 0 Å². The quantitative estimate of drug-likeness (QED) is 0.181. The summed E-state index contributed by atoms with van der Waals surface area (Å²) in [7, 11) is 0. The molecule has 2 aromatic rings. The van der Waals surface area contributed by atoms with Gasteiger partial charge in [0.15, 0.2) is 5.78 Å². The smallest absolute Gasteiger partial charge is 0.273 e. The summed E-state index contributed by atoms with van der Waals surface area (Å²) in [5.74, 6) is -2.64. The number of alkyl halides is 1. The lowest BCUT2D eigenvalue weighted by Gasteiger charge is -2.39. The molecule has 1 saturated heterocycles. The fraction of sp³-hybridized carbons (Fsp3) is 0.273. The normalized spacial score (nSPS) is 14.7. The second-order valence-corrected chi connectivity index (χ2v) is 8.09. The summed E-state index contributed by atoms with van der Waals surface area (Å²) in [6, 6.07) is 9.36. The van der Waals surface area contributed by atoms with Crippen LogP contribution in [0.4, 0.5) is 5.69 Å². The van der Waals surface area contributed by atoms with E-state index < -0.39 is 34.5 Å². The van der Waals surface area contributed by atoms with Crippen LogP contribution in [0.2, 0.25) is 5.02 Å². The van der Waals surface area contributed by atoms with Gasteiger partial charge in [-0.3, -0.25) is 29.3 Å². The van der Waals surface area contributed by atoms with Gasteiger partial charge in [0.2, 0.25) is 11.8 Å². The van der Waals surface area contributed by atoms with E-state index in [-0.39, 0.29) is 42.0 Å². The summed E-state index contributed by atoms with van der Waals surface area (Å²) in [4.78, 5) is 62.6. The number of hydrazine groups is 1. The van der Waals surface area contributed by atoms with Crippen molar-refractivity contribution in [1.82, 2.24) is 10.0 Å². The van der Waals surface area contributed by atoms with Gasteiger partial charge in [-0.1, -0.05) is 11.6 Å². The van der Waals surface area contributed by atoms with Gasteiger partial charge in [0.25, 0.3) is 11.6 Å². The van der Waals surface area contributed by atoms with E-state index in [4.69, 9.17) is 23.2 Å². The van der Waals surface area contributed by atoms with E-state index in [1.54, 1.807) is 0 Å². The summed E-state index contributed by atoms with van der Waals surface area (Å²) in [6.45, 7) is 0. The maximum Gasteiger partial charge on any atom is 0.273 e. The van der Waals surface area contributed by atoms with Crippen molar-refractivity contribution >= 4 is 52.4 Å². The van der Waals surface area contributed by atoms with Gasteiger partial charge >= 0.3 is 0 Å². The zero-order chi connectivity index (χ0) is 24.1. The summed E-state index contributed by atoms with van der Waals surface area (Å²) < 4.78 is 0. The van der Waals surface area contributed by atoms with E-state index in [9.17, 15) is 29.3 Å². The van der Waals surface area contributed by atoms with E-state index >= 15 is 0 Å². The molecule has 0 aromatic heterocycles. The number of nitrogens with zero attached hydrogens (tertiary/aromatic N) is 3. The minimum atomic E-state index is -1.27. The van der Waals surface area contributed by atoms with Gasteiger partial charge in [-0.2, -0.15) is 5.01 Å². The first kappa shape index (κ1) is 24.3. The second kappa shape index (κ2) is 10.5. The number of imide groups is 1. The van der Waals surface area contributed by atoms with Crippen molar-refractivity contribution in [3.05, 3.63) is 74.8 Å². The number of ketones is 1. The molecule has 33 heavy (non-hydrogen) atoms. The molecule has 3 amide bonds. The Morgan fingerprint density at radius 1 is 1.00 bits per heavy atom. The largest absolute Gasteiger partial charge is 0.292 e. The van der Waals surface area contributed by atoms with E-state index in [0.29, 0.717) is 16.5 Å². The van der Waals surface area contributed by atoms with E-state index in [0.717, 1.165) is 17.1 Å². The molecule has 0 unspecified atom stereocenters. The Labute approximate surface area is 199 Å². The van der Waals surface area contributed by atoms with Crippen LogP contribution in [-0.2, 0) is 9.59 Å². The maximum absolute atomic E-state index is 13.5. The number of hydrogen-bond acceptors (Lipinski definition) is 6. The summed E-state index contributed by atoms with van der Waals surface area (Å²) >= 11 is 11.8. The molecule has 0 bridgehead atoms. The number of carbonyl (C=O) groups is 4. The number of non-ortho nitro benzene ring substituents is 1. The highest BCUT2D eigenvalue weighted by molar-refractivity contribution is 6.30.